The average Bonchev–Trinajstić information content (AvgIpc) is 3.22. The standard InChI is InChI=1S/C26H32BrN5O/c1-2-29-15-17-31(18-16-29)26(33)20-11-13-30(14-12-20)19-25-28-23-5-3-4-6-24(23)32(25)22-9-7-21(27)8-10-22/h3-10,20H,2,11-19H2,1H3. The number of benzene rings is 2. The molecule has 33 heavy (non-hydrogen) atoms. The van der Waals surface area contributed by atoms with E-state index in [0.29, 0.717) is 5.91 Å². The predicted molar refractivity (Wildman–Crippen MR) is 135 cm³/mol. The van der Waals surface area contributed by atoms with Crippen LogP contribution in [0.25, 0.3) is 16.7 Å². The van der Waals surface area contributed by atoms with Gasteiger partial charge in [0.25, 0.3) is 0 Å². The van der Waals surface area contributed by atoms with E-state index in [9.17, 15) is 4.79 Å². The molecule has 174 valence electrons. The van der Waals surface area contributed by atoms with Crippen LogP contribution in [0.4, 0.5) is 0 Å². The molecule has 2 fully saturated rings. The van der Waals surface area contributed by atoms with Gasteiger partial charge in [0.2, 0.25) is 5.91 Å². The molecule has 0 atom stereocenters. The minimum atomic E-state index is 0.166. The van der Waals surface area contributed by atoms with Gasteiger partial charge in [-0.25, -0.2) is 4.98 Å². The molecule has 7 heteroatoms. The number of halogens is 1. The number of amides is 1. The van der Waals surface area contributed by atoms with Crippen LogP contribution in [0.1, 0.15) is 25.6 Å². The average molecular weight is 510 g/mol. The summed E-state index contributed by atoms with van der Waals surface area (Å²) in [6, 6.07) is 16.7. The zero-order chi connectivity index (χ0) is 22.8. The first-order valence-electron chi connectivity index (χ1n) is 12.1. The van der Waals surface area contributed by atoms with Gasteiger partial charge in [0, 0.05) is 42.3 Å². The second kappa shape index (κ2) is 9.95. The van der Waals surface area contributed by atoms with Crippen molar-refractivity contribution in [2.45, 2.75) is 26.3 Å². The van der Waals surface area contributed by atoms with Crippen molar-refractivity contribution >= 4 is 32.9 Å². The summed E-state index contributed by atoms with van der Waals surface area (Å²) in [7, 11) is 0. The molecular formula is C26H32BrN5O. The molecule has 2 aliphatic heterocycles. The normalized spacial score (nSPS) is 18.8. The van der Waals surface area contributed by atoms with Crippen molar-refractivity contribution in [3.63, 3.8) is 0 Å². The van der Waals surface area contributed by atoms with Crippen LogP contribution in [0.3, 0.4) is 0 Å². The Kier molecular flexibility index (Phi) is 6.81. The fraction of sp³-hybridized carbons (Fsp3) is 0.462. The molecule has 1 amide bonds. The lowest BCUT2D eigenvalue weighted by Crippen LogP contribution is -2.51. The zero-order valence-electron chi connectivity index (χ0n) is 19.3. The van der Waals surface area contributed by atoms with Gasteiger partial charge in [-0.3, -0.25) is 14.3 Å². The van der Waals surface area contributed by atoms with Crippen LogP contribution >= 0.6 is 15.9 Å². The predicted octanol–water partition coefficient (Wildman–Crippen LogP) is 4.16. The third-order valence-corrected chi connectivity index (χ3v) is 7.68. The van der Waals surface area contributed by atoms with Gasteiger partial charge in [-0.1, -0.05) is 35.0 Å². The van der Waals surface area contributed by atoms with E-state index >= 15 is 0 Å². The number of likely N-dealkylation sites (tertiary alicyclic amines) is 1. The van der Waals surface area contributed by atoms with Gasteiger partial charge in [0.05, 0.1) is 17.6 Å². The third-order valence-electron chi connectivity index (χ3n) is 7.15. The zero-order valence-corrected chi connectivity index (χ0v) is 20.9. The maximum absolute atomic E-state index is 13.1. The molecule has 0 bridgehead atoms. The Balaban J connectivity index is 1.27. The van der Waals surface area contributed by atoms with Crippen molar-refractivity contribution in [2.24, 2.45) is 5.92 Å². The summed E-state index contributed by atoms with van der Waals surface area (Å²) in [5.74, 6) is 1.59. The van der Waals surface area contributed by atoms with E-state index in [1.807, 2.05) is 6.07 Å². The number of fused-ring (bicyclic) bond motifs is 1. The molecule has 0 saturated carbocycles. The van der Waals surface area contributed by atoms with E-state index in [1.54, 1.807) is 0 Å². The van der Waals surface area contributed by atoms with Crippen molar-refractivity contribution in [3.8, 4) is 5.69 Å². The SMILES string of the molecule is CCN1CCN(C(=O)C2CCN(Cc3nc4ccccc4n3-c3ccc(Br)cc3)CC2)CC1. The first-order valence-corrected chi connectivity index (χ1v) is 12.9. The topological polar surface area (TPSA) is 44.6 Å². The molecule has 2 aliphatic rings. The second-order valence-corrected chi connectivity index (χ2v) is 10.1. The highest BCUT2D eigenvalue weighted by molar-refractivity contribution is 9.10. The minimum absolute atomic E-state index is 0.166. The number of aromatic nitrogens is 2. The Morgan fingerprint density at radius 2 is 1.64 bits per heavy atom. The van der Waals surface area contributed by atoms with Gasteiger partial charge in [0.15, 0.2) is 0 Å². The summed E-state index contributed by atoms with van der Waals surface area (Å²) in [5, 5.41) is 0. The molecule has 5 rings (SSSR count). The molecule has 0 spiro atoms. The molecular weight excluding hydrogens is 478 g/mol. The molecule has 0 unspecified atom stereocenters. The summed E-state index contributed by atoms with van der Waals surface area (Å²) in [6.07, 6.45) is 1.87. The highest BCUT2D eigenvalue weighted by Gasteiger charge is 2.30. The second-order valence-electron chi connectivity index (χ2n) is 9.14. The smallest absolute Gasteiger partial charge is 0.225 e. The monoisotopic (exact) mass is 509 g/mol. The summed E-state index contributed by atoms with van der Waals surface area (Å²) in [6.45, 7) is 9.71. The van der Waals surface area contributed by atoms with Crippen LogP contribution in [-0.2, 0) is 11.3 Å². The van der Waals surface area contributed by atoms with E-state index in [0.717, 1.165) is 92.2 Å². The number of hydrogen-bond donors (Lipinski definition) is 0. The van der Waals surface area contributed by atoms with E-state index in [1.165, 1.54) is 0 Å². The van der Waals surface area contributed by atoms with Crippen LogP contribution in [-0.4, -0.2) is 76.0 Å². The van der Waals surface area contributed by atoms with Crippen LogP contribution in [0.5, 0.6) is 0 Å². The van der Waals surface area contributed by atoms with Gasteiger partial charge < -0.3 is 9.80 Å². The number of hydrogen-bond acceptors (Lipinski definition) is 4. The van der Waals surface area contributed by atoms with Crippen LogP contribution in [0, 0.1) is 5.92 Å². The number of carbonyl (C=O) groups is 1. The van der Waals surface area contributed by atoms with E-state index < -0.39 is 0 Å². The fourth-order valence-electron chi connectivity index (χ4n) is 5.14. The first kappa shape index (κ1) is 22.6. The van der Waals surface area contributed by atoms with Gasteiger partial charge in [-0.2, -0.15) is 0 Å². The number of imidazole rings is 1. The largest absolute Gasteiger partial charge is 0.340 e. The summed E-state index contributed by atoms with van der Waals surface area (Å²) >= 11 is 3.54. The van der Waals surface area contributed by atoms with Gasteiger partial charge in [0.1, 0.15) is 5.82 Å². The fourth-order valence-corrected chi connectivity index (χ4v) is 5.41. The molecule has 2 aromatic carbocycles. The van der Waals surface area contributed by atoms with Crippen molar-refractivity contribution in [3.05, 3.63) is 58.8 Å². The van der Waals surface area contributed by atoms with Crippen molar-refractivity contribution in [1.29, 1.82) is 0 Å². The number of piperazine rings is 1. The quantitative estimate of drug-likeness (QED) is 0.517. The number of likely N-dealkylation sites (N-methyl/N-ethyl adjacent to an activating group) is 1. The molecule has 0 radical (unpaired) electrons. The first-order chi connectivity index (χ1) is 16.1. The lowest BCUT2D eigenvalue weighted by Gasteiger charge is -2.38. The van der Waals surface area contributed by atoms with Gasteiger partial charge >= 0.3 is 0 Å². The van der Waals surface area contributed by atoms with Crippen LogP contribution in [0.15, 0.2) is 53.0 Å². The summed E-state index contributed by atoms with van der Waals surface area (Å²) in [5.41, 5.74) is 3.27. The summed E-state index contributed by atoms with van der Waals surface area (Å²) in [4.78, 5) is 25.0. The number of carbonyl (C=O) groups excluding carboxylic acids is 1. The molecule has 3 aromatic rings. The Bertz CT molecular complexity index is 1100. The third kappa shape index (κ3) is 4.86. The van der Waals surface area contributed by atoms with Gasteiger partial charge in [-0.15, -0.1) is 0 Å². The van der Waals surface area contributed by atoms with Crippen LogP contribution < -0.4 is 0 Å². The van der Waals surface area contributed by atoms with E-state index in [2.05, 4.69) is 84.6 Å². The van der Waals surface area contributed by atoms with Crippen molar-refractivity contribution in [2.75, 3.05) is 45.8 Å². The lowest BCUT2D eigenvalue weighted by molar-refractivity contribution is -0.138. The Hall–Kier alpha value is -2.22. The van der Waals surface area contributed by atoms with E-state index in [4.69, 9.17) is 4.98 Å². The molecule has 6 nitrogen and oxygen atoms in total. The number of nitrogens with zero attached hydrogens (tertiary/aromatic N) is 5. The molecule has 1 aromatic heterocycles. The summed E-state index contributed by atoms with van der Waals surface area (Å²) < 4.78 is 3.34. The highest BCUT2D eigenvalue weighted by Crippen LogP contribution is 2.26. The minimum Gasteiger partial charge on any atom is -0.340 e. The number of piperidine rings is 1. The van der Waals surface area contributed by atoms with Crippen molar-refractivity contribution in [1.82, 2.24) is 24.3 Å². The Morgan fingerprint density at radius 1 is 0.939 bits per heavy atom. The maximum Gasteiger partial charge on any atom is 0.225 e. The van der Waals surface area contributed by atoms with Gasteiger partial charge in [-0.05, 0) is 68.9 Å². The lowest BCUT2D eigenvalue weighted by atomic mass is 9.95. The molecule has 0 N–H and O–H groups in total. The molecule has 3 heterocycles. The molecule has 2 saturated heterocycles. The number of rotatable bonds is 5. The van der Waals surface area contributed by atoms with E-state index in [-0.39, 0.29) is 5.92 Å². The van der Waals surface area contributed by atoms with Crippen LogP contribution in [0.2, 0.25) is 0 Å². The number of para-hydroxylation sites is 2. The van der Waals surface area contributed by atoms with Crippen molar-refractivity contribution < 1.29 is 4.79 Å². The highest BCUT2D eigenvalue weighted by atomic mass is 79.9. The maximum atomic E-state index is 13.1. The Labute approximate surface area is 204 Å². The Morgan fingerprint density at radius 3 is 2.33 bits per heavy atom. The molecule has 0 aliphatic carbocycles.